The minimum Gasteiger partial charge on any atom is -0.395 e. The molecule has 0 saturated heterocycles. The van der Waals surface area contributed by atoms with Gasteiger partial charge in [-0.05, 0) is 6.07 Å². The van der Waals surface area contributed by atoms with Gasteiger partial charge in [-0.25, -0.2) is 0 Å². The fourth-order valence-electron chi connectivity index (χ4n) is 0.875. The Kier molecular flexibility index (Phi) is 3.22. The van der Waals surface area contributed by atoms with Crippen molar-refractivity contribution in [3.05, 3.63) is 23.5 Å². The Balaban J connectivity index is 2.60. The zero-order valence-corrected chi connectivity index (χ0v) is 6.91. The molecule has 0 radical (unpaired) electrons. The Bertz CT molecular complexity index is 306. The summed E-state index contributed by atoms with van der Waals surface area (Å²) < 4.78 is 0. The first-order chi connectivity index (χ1) is 6.27. The van der Waals surface area contributed by atoms with Gasteiger partial charge in [0.2, 0.25) is 0 Å². The SMILES string of the molecule is O=Cc1c[nH]c(C(=O)NCCO)c1. The van der Waals surface area contributed by atoms with E-state index in [2.05, 4.69) is 10.3 Å². The molecule has 5 heteroatoms. The first-order valence-corrected chi connectivity index (χ1v) is 3.80. The van der Waals surface area contributed by atoms with Crippen molar-refractivity contribution in [3.63, 3.8) is 0 Å². The van der Waals surface area contributed by atoms with Crippen LogP contribution in [0.2, 0.25) is 0 Å². The molecule has 0 bridgehead atoms. The van der Waals surface area contributed by atoms with Gasteiger partial charge in [-0.15, -0.1) is 0 Å². The average Bonchev–Trinajstić information content (AvgIpc) is 2.62. The standard InChI is InChI=1S/C8H10N2O3/c11-2-1-9-8(13)7-3-6(5-12)4-10-7/h3-5,10-11H,1-2H2,(H,9,13). The van der Waals surface area contributed by atoms with E-state index in [0.717, 1.165) is 0 Å². The molecule has 3 N–H and O–H groups in total. The number of aromatic nitrogens is 1. The van der Waals surface area contributed by atoms with E-state index >= 15 is 0 Å². The highest BCUT2D eigenvalue weighted by Gasteiger charge is 2.06. The van der Waals surface area contributed by atoms with Gasteiger partial charge >= 0.3 is 0 Å². The minimum absolute atomic E-state index is 0.104. The lowest BCUT2D eigenvalue weighted by molar-refractivity contribution is 0.0940. The number of carbonyl (C=O) groups is 2. The van der Waals surface area contributed by atoms with Gasteiger partial charge in [-0.2, -0.15) is 0 Å². The second-order valence-electron chi connectivity index (χ2n) is 2.44. The third-order valence-corrected chi connectivity index (χ3v) is 1.48. The fourth-order valence-corrected chi connectivity index (χ4v) is 0.875. The maximum atomic E-state index is 11.2. The van der Waals surface area contributed by atoms with Crippen LogP contribution in [-0.4, -0.2) is 35.4 Å². The number of aromatic amines is 1. The van der Waals surface area contributed by atoms with Crippen molar-refractivity contribution in [1.82, 2.24) is 10.3 Å². The highest BCUT2D eigenvalue weighted by molar-refractivity contribution is 5.94. The number of amides is 1. The number of aliphatic hydroxyl groups excluding tert-OH is 1. The second-order valence-corrected chi connectivity index (χ2v) is 2.44. The molecule has 0 unspecified atom stereocenters. The van der Waals surface area contributed by atoms with Crippen molar-refractivity contribution in [2.24, 2.45) is 0 Å². The molecule has 0 fully saturated rings. The molecule has 0 spiro atoms. The average molecular weight is 182 g/mol. The highest BCUT2D eigenvalue weighted by atomic mass is 16.3. The molecule has 13 heavy (non-hydrogen) atoms. The molecule has 1 aromatic heterocycles. The largest absolute Gasteiger partial charge is 0.395 e. The maximum Gasteiger partial charge on any atom is 0.267 e. The normalized spacial score (nSPS) is 9.62. The van der Waals surface area contributed by atoms with Crippen LogP contribution < -0.4 is 5.32 Å². The van der Waals surface area contributed by atoms with Gasteiger partial charge < -0.3 is 15.4 Å². The molecule has 70 valence electrons. The number of carbonyl (C=O) groups excluding carboxylic acids is 2. The van der Waals surface area contributed by atoms with E-state index < -0.39 is 0 Å². The smallest absolute Gasteiger partial charge is 0.267 e. The topological polar surface area (TPSA) is 82.2 Å². The zero-order chi connectivity index (χ0) is 9.68. The number of hydrogen-bond donors (Lipinski definition) is 3. The molecule has 0 atom stereocenters. The van der Waals surface area contributed by atoms with Crippen LogP contribution in [0.25, 0.3) is 0 Å². The zero-order valence-electron chi connectivity index (χ0n) is 6.91. The molecular formula is C8H10N2O3. The maximum absolute atomic E-state index is 11.2. The second kappa shape index (κ2) is 4.42. The Morgan fingerprint density at radius 1 is 1.69 bits per heavy atom. The summed E-state index contributed by atoms with van der Waals surface area (Å²) in [7, 11) is 0. The van der Waals surface area contributed by atoms with Gasteiger partial charge in [0, 0.05) is 18.3 Å². The quantitative estimate of drug-likeness (QED) is 0.551. The van der Waals surface area contributed by atoms with Crippen molar-refractivity contribution in [2.75, 3.05) is 13.2 Å². The number of aliphatic hydroxyl groups is 1. The Morgan fingerprint density at radius 3 is 3.00 bits per heavy atom. The van der Waals surface area contributed by atoms with Crippen LogP contribution in [0.4, 0.5) is 0 Å². The first-order valence-electron chi connectivity index (χ1n) is 3.80. The van der Waals surface area contributed by atoms with Gasteiger partial charge in [0.25, 0.3) is 5.91 Å². The Hall–Kier alpha value is -1.62. The fraction of sp³-hybridized carbons (Fsp3) is 0.250. The van der Waals surface area contributed by atoms with E-state index in [0.29, 0.717) is 17.5 Å². The van der Waals surface area contributed by atoms with Gasteiger partial charge in [0.05, 0.1) is 6.61 Å². The number of H-pyrrole nitrogens is 1. The van der Waals surface area contributed by atoms with Gasteiger partial charge in [0.1, 0.15) is 5.69 Å². The summed E-state index contributed by atoms with van der Waals surface area (Å²) in [5, 5.41) is 10.9. The summed E-state index contributed by atoms with van der Waals surface area (Å²) in [6.45, 7) is 0.0985. The van der Waals surface area contributed by atoms with Crippen molar-refractivity contribution in [3.8, 4) is 0 Å². The van der Waals surface area contributed by atoms with E-state index in [9.17, 15) is 9.59 Å². The van der Waals surface area contributed by atoms with Crippen LogP contribution in [0.5, 0.6) is 0 Å². The van der Waals surface area contributed by atoms with Crippen molar-refractivity contribution in [1.29, 1.82) is 0 Å². The summed E-state index contributed by atoms with van der Waals surface area (Å²) >= 11 is 0. The third-order valence-electron chi connectivity index (χ3n) is 1.48. The van der Waals surface area contributed by atoms with Crippen LogP contribution >= 0.6 is 0 Å². The van der Waals surface area contributed by atoms with Crippen molar-refractivity contribution in [2.45, 2.75) is 0 Å². The van der Waals surface area contributed by atoms with Crippen LogP contribution in [0.3, 0.4) is 0 Å². The number of nitrogens with one attached hydrogen (secondary N) is 2. The van der Waals surface area contributed by atoms with E-state index in [1.165, 1.54) is 12.3 Å². The lowest BCUT2D eigenvalue weighted by atomic mass is 10.3. The predicted molar refractivity (Wildman–Crippen MR) is 45.6 cm³/mol. The molecule has 5 nitrogen and oxygen atoms in total. The molecule has 1 amide bonds. The number of aldehydes is 1. The number of rotatable bonds is 4. The van der Waals surface area contributed by atoms with Crippen LogP contribution in [-0.2, 0) is 0 Å². The first kappa shape index (κ1) is 9.47. The molecule has 0 saturated carbocycles. The van der Waals surface area contributed by atoms with Crippen molar-refractivity contribution >= 4 is 12.2 Å². The molecule has 1 heterocycles. The van der Waals surface area contributed by atoms with Gasteiger partial charge in [-0.1, -0.05) is 0 Å². The molecule has 0 aliphatic carbocycles. The number of hydrogen-bond acceptors (Lipinski definition) is 3. The van der Waals surface area contributed by atoms with Crippen molar-refractivity contribution < 1.29 is 14.7 Å². The Labute approximate surface area is 74.8 Å². The minimum atomic E-state index is -0.331. The highest BCUT2D eigenvalue weighted by Crippen LogP contribution is 1.99. The predicted octanol–water partition coefficient (Wildman–Crippen LogP) is -0.451. The Morgan fingerprint density at radius 2 is 2.46 bits per heavy atom. The summed E-state index contributed by atoms with van der Waals surface area (Å²) in [6.07, 6.45) is 2.10. The third kappa shape index (κ3) is 2.41. The van der Waals surface area contributed by atoms with Crippen LogP contribution in [0.1, 0.15) is 20.8 Å². The van der Waals surface area contributed by atoms with E-state index in [1.807, 2.05) is 0 Å². The lowest BCUT2D eigenvalue weighted by Gasteiger charge is -1.98. The molecule has 1 aromatic rings. The molecule has 0 aliphatic heterocycles. The molecule has 0 aliphatic rings. The van der Waals surface area contributed by atoms with E-state index in [1.54, 1.807) is 0 Å². The summed E-state index contributed by atoms with van der Waals surface area (Å²) in [6, 6.07) is 1.44. The van der Waals surface area contributed by atoms with E-state index in [-0.39, 0.29) is 19.1 Å². The molecule has 0 aromatic carbocycles. The molecular weight excluding hydrogens is 172 g/mol. The van der Waals surface area contributed by atoms with Crippen LogP contribution in [0, 0.1) is 0 Å². The monoisotopic (exact) mass is 182 g/mol. The summed E-state index contributed by atoms with van der Waals surface area (Å²) in [4.78, 5) is 24.1. The molecule has 1 rings (SSSR count). The lowest BCUT2D eigenvalue weighted by Crippen LogP contribution is -2.26. The van der Waals surface area contributed by atoms with Crippen LogP contribution in [0.15, 0.2) is 12.3 Å². The van der Waals surface area contributed by atoms with E-state index in [4.69, 9.17) is 5.11 Å². The summed E-state index contributed by atoms with van der Waals surface area (Å²) in [5.74, 6) is -0.331. The summed E-state index contributed by atoms with van der Waals surface area (Å²) in [5.41, 5.74) is 0.740. The van der Waals surface area contributed by atoms with Gasteiger partial charge in [-0.3, -0.25) is 9.59 Å². The van der Waals surface area contributed by atoms with Gasteiger partial charge in [0.15, 0.2) is 6.29 Å².